The van der Waals surface area contributed by atoms with Crippen molar-refractivity contribution in [3.63, 3.8) is 0 Å². The van der Waals surface area contributed by atoms with E-state index in [4.69, 9.17) is 4.74 Å². The molecule has 0 aliphatic rings. The molecule has 140 valence electrons. The lowest BCUT2D eigenvalue weighted by molar-refractivity contribution is 0.0599. The van der Waals surface area contributed by atoms with Crippen molar-refractivity contribution in [3.05, 3.63) is 44.6 Å². The Morgan fingerprint density at radius 3 is 2.62 bits per heavy atom. The molecule has 0 aliphatic heterocycles. The topological polar surface area (TPSA) is 105 Å². The number of methoxy groups -OCH3 is 1. The van der Waals surface area contributed by atoms with Crippen molar-refractivity contribution in [2.24, 2.45) is 0 Å². The number of aromatic nitrogens is 3. The molecule has 0 spiro atoms. The molecule has 0 saturated heterocycles. The van der Waals surface area contributed by atoms with Gasteiger partial charge in [-0.05, 0) is 32.8 Å². The highest BCUT2D eigenvalue weighted by molar-refractivity contribution is 8.00. The van der Waals surface area contributed by atoms with Crippen LogP contribution < -0.4 is 5.56 Å². The van der Waals surface area contributed by atoms with Crippen LogP contribution in [0.3, 0.4) is 0 Å². The average molecular weight is 377 g/mol. The fourth-order valence-corrected chi connectivity index (χ4v) is 3.64. The first-order valence-electron chi connectivity index (χ1n) is 8.37. The van der Waals surface area contributed by atoms with Crippen molar-refractivity contribution in [2.45, 2.75) is 50.9 Å². The van der Waals surface area contributed by atoms with E-state index in [0.29, 0.717) is 39.8 Å². The van der Waals surface area contributed by atoms with E-state index in [1.54, 1.807) is 20.8 Å². The number of ether oxygens (including phenoxy) is 1. The Morgan fingerprint density at radius 1 is 1.31 bits per heavy atom. The lowest BCUT2D eigenvalue weighted by Crippen LogP contribution is -2.18. The van der Waals surface area contributed by atoms with Gasteiger partial charge in [-0.1, -0.05) is 25.1 Å². The summed E-state index contributed by atoms with van der Waals surface area (Å²) in [6, 6.07) is 1.47. The maximum Gasteiger partial charge on any atom is 0.339 e. The third-order valence-corrected chi connectivity index (χ3v) is 4.99. The number of thioether (sulfide) groups is 1. The number of hydrogen-bond acceptors (Lipinski definition) is 6. The van der Waals surface area contributed by atoms with Gasteiger partial charge in [-0.25, -0.2) is 9.78 Å². The minimum Gasteiger partial charge on any atom is -0.465 e. The number of carbonyl (C=O) groups is 2. The van der Waals surface area contributed by atoms with Gasteiger partial charge < -0.3 is 14.7 Å². The SMILES string of the molecule is CCCc1cc(=O)[nH]c(S[C@H](C)C(=O)c2[nH]c(C)c(C(=O)OC)c2C)n1. The fourth-order valence-electron chi connectivity index (χ4n) is 2.75. The van der Waals surface area contributed by atoms with Gasteiger partial charge in [0.05, 0.1) is 23.6 Å². The smallest absolute Gasteiger partial charge is 0.339 e. The molecule has 2 heterocycles. The molecule has 1 atom stereocenters. The summed E-state index contributed by atoms with van der Waals surface area (Å²) in [5, 5.41) is -0.0757. The lowest BCUT2D eigenvalue weighted by Gasteiger charge is -2.10. The van der Waals surface area contributed by atoms with Crippen LogP contribution in [0.2, 0.25) is 0 Å². The van der Waals surface area contributed by atoms with Gasteiger partial charge in [0.2, 0.25) is 0 Å². The van der Waals surface area contributed by atoms with Gasteiger partial charge in [-0.3, -0.25) is 9.59 Å². The Hall–Kier alpha value is -2.35. The zero-order valence-corrected chi connectivity index (χ0v) is 16.4. The van der Waals surface area contributed by atoms with E-state index in [9.17, 15) is 14.4 Å². The largest absolute Gasteiger partial charge is 0.465 e. The van der Waals surface area contributed by atoms with Crippen molar-refractivity contribution < 1.29 is 14.3 Å². The highest BCUT2D eigenvalue weighted by Gasteiger charge is 2.26. The van der Waals surface area contributed by atoms with E-state index in [1.807, 2.05) is 6.92 Å². The van der Waals surface area contributed by atoms with E-state index >= 15 is 0 Å². The molecule has 2 N–H and O–H groups in total. The Labute approximate surface area is 156 Å². The summed E-state index contributed by atoms with van der Waals surface area (Å²) in [4.78, 5) is 46.5. The van der Waals surface area contributed by atoms with E-state index in [0.717, 1.165) is 6.42 Å². The van der Waals surface area contributed by atoms with Crippen LogP contribution in [0.4, 0.5) is 0 Å². The maximum absolute atomic E-state index is 12.8. The van der Waals surface area contributed by atoms with Crippen LogP contribution in [0.15, 0.2) is 16.0 Å². The summed E-state index contributed by atoms with van der Waals surface area (Å²) in [7, 11) is 1.31. The van der Waals surface area contributed by atoms with Crippen molar-refractivity contribution >= 4 is 23.5 Å². The molecular weight excluding hydrogens is 354 g/mol. The molecule has 2 aromatic rings. The molecule has 0 bridgehead atoms. The van der Waals surface area contributed by atoms with Crippen LogP contribution in [-0.2, 0) is 11.2 Å². The number of H-pyrrole nitrogens is 2. The predicted molar refractivity (Wildman–Crippen MR) is 100 cm³/mol. The van der Waals surface area contributed by atoms with Gasteiger partial charge in [0.15, 0.2) is 10.9 Å². The molecular formula is C18H23N3O4S. The number of carbonyl (C=O) groups excluding carboxylic acids is 2. The summed E-state index contributed by atoms with van der Waals surface area (Å²) in [6.45, 7) is 7.19. The van der Waals surface area contributed by atoms with Crippen LogP contribution in [0.5, 0.6) is 0 Å². The lowest BCUT2D eigenvalue weighted by atomic mass is 10.1. The molecule has 0 fully saturated rings. The zero-order chi connectivity index (χ0) is 19.4. The molecule has 0 aliphatic carbocycles. The standard InChI is InChI=1S/C18H23N3O4S/c1-6-7-12-8-13(22)21-18(20-12)26-11(4)16(23)15-9(2)14(10(3)19-15)17(24)25-5/h8,11,19H,6-7H2,1-5H3,(H,20,21,22)/t11-/m1/s1. The predicted octanol–water partition coefficient (Wildman–Crippen LogP) is 2.82. The van der Waals surface area contributed by atoms with E-state index in [2.05, 4.69) is 15.0 Å². The van der Waals surface area contributed by atoms with E-state index in [-0.39, 0.29) is 11.3 Å². The van der Waals surface area contributed by atoms with Gasteiger partial charge in [0.1, 0.15) is 0 Å². The van der Waals surface area contributed by atoms with Gasteiger partial charge in [-0.2, -0.15) is 0 Å². The molecule has 8 heteroatoms. The number of nitrogens with zero attached hydrogens (tertiary/aromatic N) is 1. The number of esters is 1. The summed E-state index contributed by atoms with van der Waals surface area (Å²) in [5.74, 6) is -0.650. The Kier molecular flexibility index (Phi) is 6.42. The molecule has 0 radical (unpaired) electrons. The van der Waals surface area contributed by atoms with Crippen LogP contribution >= 0.6 is 11.8 Å². The van der Waals surface area contributed by atoms with Gasteiger partial charge in [-0.15, -0.1) is 0 Å². The van der Waals surface area contributed by atoms with E-state index < -0.39 is 11.2 Å². The van der Waals surface area contributed by atoms with Crippen LogP contribution in [-0.4, -0.2) is 39.1 Å². The first-order chi connectivity index (χ1) is 12.3. The molecule has 2 aromatic heterocycles. The monoisotopic (exact) mass is 377 g/mol. The summed E-state index contributed by atoms with van der Waals surface area (Å²) in [5.41, 5.74) is 2.38. The Balaban J connectivity index is 2.26. The number of nitrogens with one attached hydrogen (secondary N) is 2. The molecule has 0 saturated carbocycles. The fraction of sp³-hybridized carbons (Fsp3) is 0.444. The quantitative estimate of drug-likeness (QED) is 0.333. The summed E-state index contributed by atoms with van der Waals surface area (Å²) in [6.07, 6.45) is 1.59. The Morgan fingerprint density at radius 2 is 2.00 bits per heavy atom. The van der Waals surface area contributed by atoms with Crippen LogP contribution in [0, 0.1) is 13.8 Å². The number of Topliss-reactive ketones (excluding diaryl/α,β-unsaturated/α-hetero) is 1. The third kappa shape index (κ3) is 4.24. The summed E-state index contributed by atoms with van der Waals surface area (Å²) >= 11 is 1.19. The highest BCUT2D eigenvalue weighted by Crippen LogP contribution is 2.26. The average Bonchev–Trinajstić information content (AvgIpc) is 2.87. The third-order valence-electron chi connectivity index (χ3n) is 4.01. The molecule has 2 rings (SSSR count). The minimum atomic E-state index is -0.489. The maximum atomic E-state index is 12.8. The first-order valence-corrected chi connectivity index (χ1v) is 9.25. The van der Waals surface area contributed by atoms with Crippen molar-refractivity contribution in [1.29, 1.82) is 0 Å². The molecule has 0 amide bonds. The summed E-state index contributed by atoms with van der Waals surface area (Å²) < 4.78 is 4.77. The number of ketones is 1. The van der Waals surface area contributed by atoms with Crippen molar-refractivity contribution in [1.82, 2.24) is 15.0 Å². The Bertz CT molecular complexity index is 885. The molecule has 26 heavy (non-hydrogen) atoms. The number of aryl methyl sites for hydroxylation is 2. The highest BCUT2D eigenvalue weighted by atomic mass is 32.2. The van der Waals surface area contributed by atoms with Crippen molar-refractivity contribution in [3.8, 4) is 0 Å². The second-order valence-corrected chi connectivity index (χ2v) is 7.36. The van der Waals surface area contributed by atoms with Crippen LogP contribution in [0.1, 0.15) is 58.1 Å². The first kappa shape index (κ1) is 20.0. The molecule has 0 aromatic carbocycles. The number of rotatable bonds is 7. The second-order valence-electron chi connectivity index (χ2n) is 6.03. The normalized spacial score (nSPS) is 12.0. The van der Waals surface area contributed by atoms with Gasteiger partial charge >= 0.3 is 5.97 Å². The van der Waals surface area contributed by atoms with Crippen LogP contribution in [0.25, 0.3) is 0 Å². The van der Waals surface area contributed by atoms with Gasteiger partial charge in [0, 0.05) is 17.5 Å². The van der Waals surface area contributed by atoms with Crippen molar-refractivity contribution in [2.75, 3.05) is 7.11 Å². The minimum absolute atomic E-state index is 0.172. The number of aromatic amines is 2. The van der Waals surface area contributed by atoms with E-state index in [1.165, 1.54) is 24.9 Å². The zero-order valence-electron chi connectivity index (χ0n) is 15.6. The molecule has 0 unspecified atom stereocenters. The van der Waals surface area contributed by atoms with Gasteiger partial charge in [0.25, 0.3) is 5.56 Å². The molecule has 7 nitrogen and oxygen atoms in total. The second kappa shape index (κ2) is 8.35. The number of hydrogen-bond donors (Lipinski definition) is 2.